The number of rotatable bonds is 54. The molecule has 400 valence electrons. The summed E-state index contributed by atoms with van der Waals surface area (Å²) in [6, 6.07) is 0. The van der Waals surface area contributed by atoms with Crippen molar-refractivity contribution in [2.45, 2.75) is 309 Å². The summed E-state index contributed by atoms with van der Waals surface area (Å²) in [5.74, 6) is -0.939. The van der Waals surface area contributed by atoms with E-state index in [-0.39, 0.29) is 37.5 Å². The Bertz CT molecular complexity index is 1250. The number of esters is 3. The second-order valence-electron chi connectivity index (χ2n) is 19.9. The van der Waals surface area contributed by atoms with Crippen LogP contribution in [-0.4, -0.2) is 37.2 Å². The number of allylic oxidation sites excluding steroid dienone is 10. The minimum Gasteiger partial charge on any atom is -0.462 e. The van der Waals surface area contributed by atoms with Gasteiger partial charge in [0.25, 0.3) is 0 Å². The van der Waals surface area contributed by atoms with E-state index in [0.717, 1.165) is 64.2 Å². The Balaban J connectivity index is 4.44. The van der Waals surface area contributed by atoms with Gasteiger partial charge in [-0.05, 0) is 83.5 Å². The summed E-state index contributed by atoms with van der Waals surface area (Å²) in [4.78, 5) is 38.2. The molecular formula is C63H112O6. The van der Waals surface area contributed by atoms with Crippen molar-refractivity contribution in [1.82, 2.24) is 0 Å². The van der Waals surface area contributed by atoms with Crippen LogP contribution in [0.15, 0.2) is 60.8 Å². The third kappa shape index (κ3) is 55.9. The number of hydrogen-bond donors (Lipinski definition) is 0. The highest BCUT2D eigenvalue weighted by atomic mass is 16.6. The van der Waals surface area contributed by atoms with Gasteiger partial charge in [-0.25, -0.2) is 0 Å². The first-order valence-corrected chi connectivity index (χ1v) is 29.8. The molecule has 69 heavy (non-hydrogen) atoms. The van der Waals surface area contributed by atoms with E-state index in [1.54, 1.807) is 0 Å². The number of carbonyl (C=O) groups excluding carboxylic acids is 3. The number of hydrogen-bond acceptors (Lipinski definition) is 6. The first-order valence-electron chi connectivity index (χ1n) is 29.8. The van der Waals surface area contributed by atoms with Crippen LogP contribution in [0.4, 0.5) is 0 Å². The molecule has 0 saturated carbocycles. The Hall–Kier alpha value is -2.89. The number of carbonyl (C=O) groups is 3. The van der Waals surface area contributed by atoms with Crippen LogP contribution in [-0.2, 0) is 28.6 Å². The Labute approximate surface area is 428 Å². The topological polar surface area (TPSA) is 78.9 Å². The predicted octanol–water partition coefficient (Wildman–Crippen LogP) is 20.0. The van der Waals surface area contributed by atoms with Gasteiger partial charge < -0.3 is 14.2 Å². The van der Waals surface area contributed by atoms with Crippen LogP contribution in [0.25, 0.3) is 0 Å². The summed E-state index contributed by atoms with van der Waals surface area (Å²) >= 11 is 0. The van der Waals surface area contributed by atoms with Gasteiger partial charge in [-0.3, -0.25) is 14.4 Å². The molecule has 6 heteroatoms. The molecule has 0 heterocycles. The molecule has 0 aliphatic carbocycles. The molecule has 0 aromatic carbocycles. The molecule has 1 unspecified atom stereocenters. The Kier molecular flexibility index (Phi) is 55.3. The standard InChI is InChI=1S/C63H112O6/c1-4-7-10-13-16-19-22-25-28-31-34-37-40-43-46-49-52-55-61(64)67-58-60(69-63(66)57-54-51-48-45-42-39-36-33-30-27-24-21-18-15-12-9-6-3)59-68-62(65)56-53-50-47-44-41-38-35-32-29-26-23-20-17-14-11-8-5-2/h16,19,25,27-28,30,34,37,43,46,60H,4-15,17-18,20-24,26,29,31-33,35-36,38-42,44-45,47-59H2,1-3H3/b19-16-,28-25-,30-27-,37-34-,46-43-. The summed E-state index contributed by atoms with van der Waals surface area (Å²) in [6.45, 7) is 6.59. The van der Waals surface area contributed by atoms with Gasteiger partial charge in [-0.1, -0.05) is 261 Å². The van der Waals surface area contributed by atoms with Crippen molar-refractivity contribution >= 4 is 17.9 Å². The van der Waals surface area contributed by atoms with E-state index in [2.05, 4.69) is 81.5 Å². The molecule has 0 fully saturated rings. The largest absolute Gasteiger partial charge is 0.462 e. The monoisotopic (exact) mass is 965 g/mol. The van der Waals surface area contributed by atoms with Gasteiger partial charge in [-0.15, -0.1) is 0 Å². The zero-order chi connectivity index (χ0) is 50.0. The van der Waals surface area contributed by atoms with Gasteiger partial charge in [0, 0.05) is 19.3 Å². The summed E-state index contributed by atoms with van der Waals surface area (Å²) in [6.07, 6.45) is 72.2. The molecule has 0 aromatic rings. The fourth-order valence-corrected chi connectivity index (χ4v) is 8.49. The van der Waals surface area contributed by atoms with Gasteiger partial charge in [0.05, 0.1) is 0 Å². The van der Waals surface area contributed by atoms with Crippen LogP contribution >= 0.6 is 0 Å². The van der Waals surface area contributed by atoms with Gasteiger partial charge >= 0.3 is 17.9 Å². The van der Waals surface area contributed by atoms with Crippen molar-refractivity contribution in [3.05, 3.63) is 60.8 Å². The lowest BCUT2D eigenvalue weighted by Crippen LogP contribution is -2.30. The molecule has 0 saturated heterocycles. The van der Waals surface area contributed by atoms with E-state index in [1.807, 2.05) is 0 Å². The van der Waals surface area contributed by atoms with Crippen LogP contribution in [0.1, 0.15) is 303 Å². The first-order chi connectivity index (χ1) is 34.0. The minimum absolute atomic E-state index is 0.0900. The third-order valence-corrected chi connectivity index (χ3v) is 13.0. The van der Waals surface area contributed by atoms with E-state index in [1.165, 1.54) is 193 Å². The second kappa shape index (κ2) is 57.7. The Morgan fingerprint density at radius 2 is 0.536 bits per heavy atom. The molecule has 0 rings (SSSR count). The number of ether oxygens (including phenoxy) is 3. The molecule has 0 bridgehead atoms. The highest BCUT2D eigenvalue weighted by Gasteiger charge is 2.19. The molecule has 0 spiro atoms. The van der Waals surface area contributed by atoms with Crippen LogP contribution in [0.2, 0.25) is 0 Å². The second-order valence-corrected chi connectivity index (χ2v) is 19.9. The minimum atomic E-state index is -0.797. The number of unbranched alkanes of at least 4 members (excludes halogenated alkanes) is 33. The molecule has 0 N–H and O–H groups in total. The Morgan fingerprint density at radius 1 is 0.290 bits per heavy atom. The van der Waals surface area contributed by atoms with Crippen molar-refractivity contribution in [3.8, 4) is 0 Å². The third-order valence-electron chi connectivity index (χ3n) is 13.0. The molecular weight excluding hydrogens is 853 g/mol. The van der Waals surface area contributed by atoms with Crippen molar-refractivity contribution in [3.63, 3.8) is 0 Å². The van der Waals surface area contributed by atoms with Gasteiger partial charge in [0.1, 0.15) is 13.2 Å². The lowest BCUT2D eigenvalue weighted by atomic mass is 10.0. The fourth-order valence-electron chi connectivity index (χ4n) is 8.49. The van der Waals surface area contributed by atoms with E-state index in [0.29, 0.717) is 19.3 Å². The van der Waals surface area contributed by atoms with Crippen molar-refractivity contribution < 1.29 is 28.6 Å². The van der Waals surface area contributed by atoms with Crippen LogP contribution in [0, 0.1) is 0 Å². The zero-order valence-electron chi connectivity index (χ0n) is 45.8. The molecule has 0 aliphatic rings. The average Bonchev–Trinajstić information content (AvgIpc) is 3.35. The molecule has 1 atom stereocenters. The normalized spacial score (nSPS) is 12.4. The lowest BCUT2D eigenvalue weighted by molar-refractivity contribution is -0.167. The van der Waals surface area contributed by atoms with E-state index < -0.39 is 6.10 Å². The fraction of sp³-hybridized carbons (Fsp3) is 0.794. The zero-order valence-corrected chi connectivity index (χ0v) is 45.8. The average molecular weight is 966 g/mol. The van der Waals surface area contributed by atoms with Crippen LogP contribution in [0.3, 0.4) is 0 Å². The predicted molar refractivity (Wildman–Crippen MR) is 298 cm³/mol. The SMILES string of the molecule is CCCCC/C=C\C/C=C\C/C=C\C/C=C\CCCC(=O)OCC(COC(=O)CCCCCCCCCCCCCCCCCCC)OC(=O)CCCCCCCCC/C=C\CCCCCCCC. The lowest BCUT2D eigenvalue weighted by Gasteiger charge is -2.18. The molecule has 0 aliphatic heterocycles. The van der Waals surface area contributed by atoms with Gasteiger partial charge in [0.2, 0.25) is 0 Å². The first kappa shape index (κ1) is 66.1. The van der Waals surface area contributed by atoms with E-state index in [4.69, 9.17) is 14.2 Å². The smallest absolute Gasteiger partial charge is 0.306 e. The highest BCUT2D eigenvalue weighted by Crippen LogP contribution is 2.16. The van der Waals surface area contributed by atoms with Crippen molar-refractivity contribution in [1.29, 1.82) is 0 Å². The highest BCUT2D eigenvalue weighted by molar-refractivity contribution is 5.71. The maximum Gasteiger partial charge on any atom is 0.306 e. The van der Waals surface area contributed by atoms with Crippen molar-refractivity contribution in [2.24, 2.45) is 0 Å². The molecule has 0 amide bonds. The van der Waals surface area contributed by atoms with Crippen LogP contribution < -0.4 is 0 Å². The maximum atomic E-state index is 12.9. The Morgan fingerprint density at radius 3 is 0.913 bits per heavy atom. The summed E-state index contributed by atoms with van der Waals surface area (Å²) in [5, 5.41) is 0. The molecule has 0 aromatic heterocycles. The molecule has 0 radical (unpaired) electrons. The van der Waals surface area contributed by atoms with Crippen LogP contribution in [0.5, 0.6) is 0 Å². The summed E-state index contributed by atoms with van der Waals surface area (Å²) in [7, 11) is 0. The maximum absolute atomic E-state index is 12.9. The molecule has 6 nitrogen and oxygen atoms in total. The van der Waals surface area contributed by atoms with Gasteiger partial charge in [-0.2, -0.15) is 0 Å². The van der Waals surface area contributed by atoms with Crippen molar-refractivity contribution in [2.75, 3.05) is 13.2 Å². The van der Waals surface area contributed by atoms with E-state index >= 15 is 0 Å². The van der Waals surface area contributed by atoms with E-state index in [9.17, 15) is 14.4 Å². The summed E-state index contributed by atoms with van der Waals surface area (Å²) < 4.78 is 16.8. The van der Waals surface area contributed by atoms with Gasteiger partial charge in [0.15, 0.2) is 6.10 Å². The summed E-state index contributed by atoms with van der Waals surface area (Å²) in [5.41, 5.74) is 0. The quantitative estimate of drug-likeness (QED) is 0.0262.